The van der Waals surface area contributed by atoms with Crippen molar-refractivity contribution in [3.8, 4) is 0 Å². The molecule has 0 aromatic rings. The van der Waals surface area contributed by atoms with Crippen LogP contribution in [0.2, 0.25) is 0 Å². The Morgan fingerprint density at radius 2 is 1.93 bits per heavy atom. The quantitative estimate of drug-likeness (QED) is 0.604. The average Bonchev–Trinajstić information content (AvgIpc) is 2.26. The van der Waals surface area contributed by atoms with Gasteiger partial charge in [0, 0.05) is 19.4 Å². The predicted octanol–water partition coefficient (Wildman–Crippen LogP) is 3.49. The van der Waals surface area contributed by atoms with Crippen LogP contribution < -0.4 is 0 Å². The molecule has 0 aliphatic heterocycles. The van der Waals surface area contributed by atoms with Gasteiger partial charge in [-0.3, -0.25) is 4.79 Å². The van der Waals surface area contributed by atoms with Gasteiger partial charge in [-0.25, -0.2) is 0 Å². The molecule has 1 aliphatic rings. The molecule has 0 saturated heterocycles. The van der Waals surface area contributed by atoms with E-state index in [4.69, 9.17) is 4.74 Å². The van der Waals surface area contributed by atoms with Crippen molar-refractivity contribution in [3.63, 3.8) is 0 Å². The second-order valence-corrected chi connectivity index (χ2v) is 4.52. The van der Waals surface area contributed by atoms with E-state index in [0.29, 0.717) is 18.3 Å². The van der Waals surface area contributed by atoms with Gasteiger partial charge >= 0.3 is 0 Å². The molecule has 0 heterocycles. The third-order valence-corrected chi connectivity index (χ3v) is 3.03. The van der Waals surface area contributed by atoms with Crippen LogP contribution in [0.4, 0.5) is 0 Å². The van der Waals surface area contributed by atoms with Gasteiger partial charge < -0.3 is 4.74 Å². The third-order valence-electron chi connectivity index (χ3n) is 3.03. The van der Waals surface area contributed by atoms with Gasteiger partial charge in [0.2, 0.25) is 0 Å². The highest BCUT2D eigenvalue weighted by molar-refractivity contribution is 5.78. The van der Waals surface area contributed by atoms with Gasteiger partial charge in [0.05, 0.1) is 6.10 Å². The molecule has 2 heteroatoms. The topological polar surface area (TPSA) is 26.3 Å². The first-order chi connectivity index (χ1) is 7.33. The minimum atomic E-state index is 0.393. The first-order valence-corrected chi connectivity index (χ1v) is 6.46. The van der Waals surface area contributed by atoms with E-state index in [1.54, 1.807) is 0 Å². The molecule has 2 nitrogen and oxygen atoms in total. The van der Waals surface area contributed by atoms with E-state index >= 15 is 0 Å². The summed E-state index contributed by atoms with van der Waals surface area (Å²) in [5, 5.41) is 0. The van der Waals surface area contributed by atoms with Crippen molar-refractivity contribution in [2.75, 3.05) is 6.61 Å². The summed E-state index contributed by atoms with van der Waals surface area (Å²) in [4.78, 5) is 11.2. The maximum absolute atomic E-state index is 11.2. The van der Waals surface area contributed by atoms with Gasteiger partial charge in [0.15, 0.2) is 0 Å². The van der Waals surface area contributed by atoms with E-state index < -0.39 is 0 Å². The van der Waals surface area contributed by atoms with Crippen LogP contribution in [0.3, 0.4) is 0 Å². The number of ether oxygens (including phenoxy) is 1. The lowest BCUT2D eigenvalue weighted by Gasteiger charge is -2.21. The highest BCUT2D eigenvalue weighted by atomic mass is 16.5. The summed E-state index contributed by atoms with van der Waals surface area (Å²) in [5.74, 6) is 0.393. The van der Waals surface area contributed by atoms with Crippen molar-refractivity contribution in [2.24, 2.45) is 0 Å². The van der Waals surface area contributed by atoms with E-state index in [9.17, 15) is 4.79 Å². The van der Waals surface area contributed by atoms with Crippen molar-refractivity contribution in [1.82, 2.24) is 0 Å². The van der Waals surface area contributed by atoms with Crippen LogP contribution in [0, 0.1) is 0 Å². The number of rotatable bonds is 7. The summed E-state index contributed by atoms with van der Waals surface area (Å²) in [7, 11) is 0. The molecule has 15 heavy (non-hydrogen) atoms. The number of carbonyl (C=O) groups excluding carboxylic acids is 1. The van der Waals surface area contributed by atoms with Crippen LogP contribution >= 0.6 is 0 Å². The number of ketones is 1. The molecule has 1 aliphatic carbocycles. The van der Waals surface area contributed by atoms with Crippen LogP contribution in [-0.4, -0.2) is 18.5 Å². The number of Topliss-reactive ketones (excluding diaryl/α,β-unsaturated/α-hetero) is 1. The lowest BCUT2D eigenvalue weighted by atomic mass is 9.98. The molecule has 0 N–H and O–H groups in total. The highest BCUT2D eigenvalue weighted by Crippen LogP contribution is 2.20. The molecule has 0 aromatic carbocycles. The maximum Gasteiger partial charge on any atom is 0.132 e. The van der Waals surface area contributed by atoms with Gasteiger partial charge in [0.25, 0.3) is 0 Å². The molecule has 0 bridgehead atoms. The van der Waals surface area contributed by atoms with Crippen molar-refractivity contribution in [3.05, 3.63) is 0 Å². The number of carbonyl (C=O) groups is 1. The van der Waals surface area contributed by atoms with Crippen LogP contribution in [0.25, 0.3) is 0 Å². The average molecular weight is 212 g/mol. The summed E-state index contributed by atoms with van der Waals surface area (Å²) >= 11 is 0. The summed E-state index contributed by atoms with van der Waals surface area (Å²) in [6.07, 6.45) is 10.3. The fraction of sp³-hybridized carbons (Fsp3) is 0.923. The second kappa shape index (κ2) is 7.86. The lowest BCUT2D eigenvalue weighted by molar-refractivity contribution is -0.119. The largest absolute Gasteiger partial charge is 0.378 e. The molecule has 0 amide bonds. The molecule has 0 aromatic heterocycles. The Morgan fingerprint density at radius 3 is 2.60 bits per heavy atom. The summed E-state index contributed by atoms with van der Waals surface area (Å²) in [6.45, 7) is 2.83. The maximum atomic E-state index is 11.2. The Bertz CT molecular complexity index is 171. The zero-order valence-corrected chi connectivity index (χ0v) is 9.96. The predicted molar refractivity (Wildman–Crippen MR) is 62.0 cm³/mol. The van der Waals surface area contributed by atoms with Crippen LogP contribution in [0.1, 0.15) is 64.7 Å². The molecule has 88 valence electrons. The van der Waals surface area contributed by atoms with E-state index in [1.807, 2.05) is 0 Å². The molecular weight excluding hydrogens is 188 g/mol. The van der Waals surface area contributed by atoms with E-state index in [0.717, 1.165) is 25.9 Å². The normalized spacial score (nSPS) is 17.9. The van der Waals surface area contributed by atoms with Gasteiger partial charge in [-0.1, -0.05) is 26.2 Å². The molecule has 0 unspecified atom stereocenters. The van der Waals surface area contributed by atoms with Crippen LogP contribution in [-0.2, 0) is 9.53 Å². The van der Waals surface area contributed by atoms with Gasteiger partial charge in [-0.2, -0.15) is 0 Å². The molecule has 1 rings (SSSR count). The Hall–Kier alpha value is -0.370. The second-order valence-electron chi connectivity index (χ2n) is 4.52. The lowest BCUT2D eigenvalue weighted by Crippen LogP contribution is -2.17. The summed E-state index contributed by atoms with van der Waals surface area (Å²) in [5.41, 5.74) is 0. The molecule has 0 atom stereocenters. The SMILES string of the molecule is CCCC(=O)CCCOC1CCCCC1. The van der Waals surface area contributed by atoms with Crippen molar-refractivity contribution < 1.29 is 9.53 Å². The summed E-state index contributed by atoms with van der Waals surface area (Å²) < 4.78 is 5.76. The smallest absolute Gasteiger partial charge is 0.132 e. The van der Waals surface area contributed by atoms with Gasteiger partial charge in [-0.15, -0.1) is 0 Å². The standard InChI is InChI=1S/C13H24O2/c1-2-7-12(14)8-6-11-15-13-9-4-3-5-10-13/h13H,2-11H2,1H3. The molecular formula is C13H24O2. The zero-order valence-electron chi connectivity index (χ0n) is 9.96. The first-order valence-electron chi connectivity index (χ1n) is 6.46. The van der Waals surface area contributed by atoms with Gasteiger partial charge in [-0.05, 0) is 25.7 Å². The van der Waals surface area contributed by atoms with E-state index in [-0.39, 0.29) is 0 Å². The van der Waals surface area contributed by atoms with Crippen LogP contribution in [0.5, 0.6) is 0 Å². The molecule has 1 saturated carbocycles. The monoisotopic (exact) mass is 212 g/mol. The Morgan fingerprint density at radius 1 is 1.20 bits per heavy atom. The molecule has 1 fully saturated rings. The fourth-order valence-corrected chi connectivity index (χ4v) is 2.15. The summed E-state index contributed by atoms with van der Waals surface area (Å²) in [6, 6.07) is 0. The van der Waals surface area contributed by atoms with Crippen LogP contribution in [0.15, 0.2) is 0 Å². The Balaban J connectivity index is 1.93. The van der Waals surface area contributed by atoms with Gasteiger partial charge in [0.1, 0.15) is 5.78 Å². The zero-order chi connectivity index (χ0) is 10.9. The Kier molecular flexibility index (Phi) is 6.66. The first kappa shape index (κ1) is 12.7. The third kappa shape index (κ3) is 5.93. The number of hydrogen-bond acceptors (Lipinski definition) is 2. The molecule has 0 radical (unpaired) electrons. The molecule has 0 spiro atoms. The minimum absolute atomic E-state index is 0.393. The number of hydrogen-bond donors (Lipinski definition) is 0. The van der Waals surface area contributed by atoms with E-state index in [1.165, 1.54) is 32.1 Å². The minimum Gasteiger partial charge on any atom is -0.378 e. The fourth-order valence-electron chi connectivity index (χ4n) is 2.15. The highest BCUT2D eigenvalue weighted by Gasteiger charge is 2.13. The van der Waals surface area contributed by atoms with Crippen molar-refractivity contribution in [1.29, 1.82) is 0 Å². The van der Waals surface area contributed by atoms with Crippen molar-refractivity contribution >= 4 is 5.78 Å². The van der Waals surface area contributed by atoms with Crippen molar-refractivity contribution in [2.45, 2.75) is 70.8 Å². The van der Waals surface area contributed by atoms with E-state index in [2.05, 4.69) is 6.92 Å². The Labute approximate surface area is 93.4 Å².